The summed E-state index contributed by atoms with van der Waals surface area (Å²) in [6.45, 7) is 4.13. The zero-order valence-corrected chi connectivity index (χ0v) is 14.1. The van der Waals surface area contributed by atoms with Crippen molar-refractivity contribution in [2.24, 2.45) is 5.41 Å². The Labute approximate surface area is 142 Å². The minimum atomic E-state index is -0.148. The average Bonchev–Trinajstić information content (AvgIpc) is 3.28. The van der Waals surface area contributed by atoms with Crippen molar-refractivity contribution in [3.05, 3.63) is 59.1 Å². The van der Waals surface area contributed by atoms with Gasteiger partial charge in [-0.15, -0.1) is 0 Å². The van der Waals surface area contributed by atoms with Crippen molar-refractivity contribution >= 4 is 17.3 Å². The third-order valence-corrected chi connectivity index (χ3v) is 5.33. The van der Waals surface area contributed by atoms with E-state index in [0.717, 1.165) is 11.3 Å². The third-order valence-electron chi connectivity index (χ3n) is 5.33. The number of carbonyl (C=O) groups is 1. The average molecular weight is 319 g/mol. The number of hydrogen-bond donors (Lipinski definition) is 1. The highest BCUT2D eigenvalue weighted by Crippen LogP contribution is 2.63. The molecule has 1 spiro atoms. The molecular formula is C20H21N3O. The molecule has 1 heterocycles. The molecule has 2 aromatic rings. The van der Waals surface area contributed by atoms with Crippen LogP contribution in [-0.4, -0.2) is 15.9 Å². The number of aromatic nitrogens is 2. The first-order valence-corrected chi connectivity index (χ1v) is 8.49. The van der Waals surface area contributed by atoms with E-state index in [4.69, 9.17) is 0 Å². The molecule has 1 saturated carbocycles. The Morgan fingerprint density at radius 1 is 1.08 bits per heavy atom. The van der Waals surface area contributed by atoms with Crippen molar-refractivity contribution in [1.29, 1.82) is 0 Å². The van der Waals surface area contributed by atoms with Gasteiger partial charge < -0.3 is 5.32 Å². The van der Waals surface area contributed by atoms with Gasteiger partial charge in [0.1, 0.15) is 0 Å². The van der Waals surface area contributed by atoms with E-state index in [9.17, 15) is 4.79 Å². The maximum atomic E-state index is 12.4. The second-order valence-electron chi connectivity index (χ2n) is 6.99. The van der Waals surface area contributed by atoms with Crippen LogP contribution in [0.3, 0.4) is 0 Å². The van der Waals surface area contributed by atoms with E-state index in [1.165, 1.54) is 36.8 Å². The van der Waals surface area contributed by atoms with E-state index in [2.05, 4.69) is 22.2 Å². The van der Waals surface area contributed by atoms with Crippen LogP contribution in [0.2, 0.25) is 0 Å². The van der Waals surface area contributed by atoms with Gasteiger partial charge in [0.05, 0.1) is 18.1 Å². The van der Waals surface area contributed by atoms with Gasteiger partial charge in [0.15, 0.2) is 5.82 Å². The second kappa shape index (κ2) is 5.55. The van der Waals surface area contributed by atoms with E-state index in [0.29, 0.717) is 16.8 Å². The lowest BCUT2D eigenvalue weighted by atomic mass is 9.95. The highest BCUT2D eigenvalue weighted by atomic mass is 16.1. The summed E-state index contributed by atoms with van der Waals surface area (Å²) in [6, 6.07) is 7.53. The van der Waals surface area contributed by atoms with E-state index in [-0.39, 0.29) is 5.91 Å². The molecule has 4 rings (SSSR count). The quantitative estimate of drug-likeness (QED) is 0.913. The van der Waals surface area contributed by atoms with Gasteiger partial charge in [-0.1, -0.05) is 23.8 Å². The van der Waals surface area contributed by atoms with Crippen LogP contribution in [-0.2, 0) is 0 Å². The summed E-state index contributed by atoms with van der Waals surface area (Å²) in [5.41, 5.74) is 5.79. The van der Waals surface area contributed by atoms with Gasteiger partial charge in [0.25, 0.3) is 5.91 Å². The molecule has 1 fully saturated rings. The van der Waals surface area contributed by atoms with Crippen LogP contribution in [0.15, 0.2) is 42.2 Å². The fraction of sp³-hybridized carbons (Fsp3) is 0.350. The summed E-state index contributed by atoms with van der Waals surface area (Å²) >= 11 is 0. The first-order valence-electron chi connectivity index (χ1n) is 8.49. The predicted octanol–water partition coefficient (Wildman–Crippen LogP) is 4.38. The fourth-order valence-electron chi connectivity index (χ4n) is 3.80. The molecule has 122 valence electrons. The largest absolute Gasteiger partial charge is 0.305 e. The van der Waals surface area contributed by atoms with Gasteiger partial charge in [-0.05, 0) is 62.1 Å². The van der Waals surface area contributed by atoms with Crippen molar-refractivity contribution < 1.29 is 4.79 Å². The summed E-state index contributed by atoms with van der Waals surface area (Å²) in [7, 11) is 0. The Kier molecular flexibility index (Phi) is 3.48. The molecule has 1 aromatic carbocycles. The summed E-state index contributed by atoms with van der Waals surface area (Å²) in [4.78, 5) is 21.4. The minimum absolute atomic E-state index is 0.148. The van der Waals surface area contributed by atoms with Crippen LogP contribution in [0.25, 0.3) is 5.57 Å². The molecule has 0 aliphatic heterocycles. The number of amides is 1. The molecule has 1 N–H and O–H groups in total. The summed E-state index contributed by atoms with van der Waals surface area (Å²) in [5, 5.41) is 2.84. The normalized spacial score (nSPS) is 18.1. The number of nitrogens with zero attached hydrogens (tertiary/aromatic N) is 2. The molecule has 1 aromatic heterocycles. The Morgan fingerprint density at radius 2 is 1.88 bits per heavy atom. The molecule has 4 nitrogen and oxygen atoms in total. The van der Waals surface area contributed by atoms with Gasteiger partial charge in [0, 0.05) is 5.56 Å². The SMILES string of the molecule is CC1=C(c2cnc(NC(=O)c3ccccc3C)cn2)C2(CC1)CC2. The lowest BCUT2D eigenvalue weighted by molar-refractivity contribution is 0.102. The van der Waals surface area contributed by atoms with Crippen LogP contribution in [0.4, 0.5) is 5.82 Å². The fourth-order valence-corrected chi connectivity index (χ4v) is 3.80. The molecule has 0 unspecified atom stereocenters. The van der Waals surface area contributed by atoms with Crippen LogP contribution in [0.5, 0.6) is 0 Å². The van der Waals surface area contributed by atoms with E-state index < -0.39 is 0 Å². The Balaban J connectivity index is 1.54. The molecule has 0 radical (unpaired) electrons. The lowest BCUT2D eigenvalue weighted by Gasteiger charge is -2.13. The molecule has 0 bridgehead atoms. The molecule has 0 atom stereocenters. The van der Waals surface area contributed by atoms with E-state index in [1.54, 1.807) is 12.4 Å². The lowest BCUT2D eigenvalue weighted by Crippen LogP contribution is -2.14. The number of anilines is 1. The molecule has 0 saturated heterocycles. The highest BCUT2D eigenvalue weighted by Gasteiger charge is 2.50. The number of benzene rings is 1. The monoisotopic (exact) mass is 319 g/mol. The van der Waals surface area contributed by atoms with Crippen molar-refractivity contribution in [3.63, 3.8) is 0 Å². The van der Waals surface area contributed by atoms with Gasteiger partial charge >= 0.3 is 0 Å². The number of allylic oxidation sites excluding steroid dienone is 2. The number of hydrogen-bond acceptors (Lipinski definition) is 3. The number of rotatable bonds is 3. The van der Waals surface area contributed by atoms with E-state index >= 15 is 0 Å². The molecule has 4 heteroatoms. The second-order valence-corrected chi connectivity index (χ2v) is 6.99. The van der Waals surface area contributed by atoms with Crippen molar-refractivity contribution in [2.75, 3.05) is 5.32 Å². The number of carbonyl (C=O) groups excluding carboxylic acids is 1. The summed E-state index contributed by atoms with van der Waals surface area (Å²) in [5.74, 6) is 0.346. The van der Waals surface area contributed by atoms with E-state index in [1.807, 2.05) is 31.2 Å². The Morgan fingerprint density at radius 3 is 2.54 bits per heavy atom. The van der Waals surface area contributed by atoms with Gasteiger partial charge in [-0.3, -0.25) is 9.78 Å². The highest BCUT2D eigenvalue weighted by molar-refractivity contribution is 6.04. The molecule has 2 aliphatic carbocycles. The smallest absolute Gasteiger partial charge is 0.257 e. The van der Waals surface area contributed by atoms with Crippen molar-refractivity contribution in [3.8, 4) is 0 Å². The molecule has 24 heavy (non-hydrogen) atoms. The van der Waals surface area contributed by atoms with Gasteiger partial charge in [-0.2, -0.15) is 0 Å². The topological polar surface area (TPSA) is 54.9 Å². The van der Waals surface area contributed by atoms with Crippen LogP contribution in [0.1, 0.15) is 54.2 Å². The van der Waals surface area contributed by atoms with Gasteiger partial charge in [-0.25, -0.2) is 4.98 Å². The third kappa shape index (κ3) is 2.52. The van der Waals surface area contributed by atoms with Crippen LogP contribution >= 0.6 is 0 Å². The summed E-state index contributed by atoms with van der Waals surface area (Å²) < 4.78 is 0. The Hall–Kier alpha value is -2.49. The van der Waals surface area contributed by atoms with Crippen LogP contribution < -0.4 is 5.32 Å². The number of aryl methyl sites for hydroxylation is 1. The first kappa shape index (κ1) is 15.1. The maximum absolute atomic E-state index is 12.4. The molecule has 2 aliphatic rings. The molecule has 1 amide bonds. The number of nitrogens with one attached hydrogen (secondary N) is 1. The first-order chi connectivity index (χ1) is 11.6. The van der Waals surface area contributed by atoms with Crippen molar-refractivity contribution in [1.82, 2.24) is 9.97 Å². The zero-order valence-electron chi connectivity index (χ0n) is 14.1. The minimum Gasteiger partial charge on any atom is -0.305 e. The van der Waals surface area contributed by atoms with Crippen LogP contribution in [0, 0.1) is 12.3 Å². The van der Waals surface area contributed by atoms with Gasteiger partial charge in [0.2, 0.25) is 0 Å². The van der Waals surface area contributed by atoms with Crippen molar-refractivity contribution in [2.45, 2.75) is 39.5 Å². The Bertz CT molecular complexity index is 832. The predicted molar refractivity (Wildman–Crippen MR) is 94.7 cm³/mol. The standard InChI is InChI=1S/C20H21N3O/c1-13-5-3-4-6-15(13)19(24)23-17-12-21-16(11-22-17)18-14(2)7-8-20(18)9-10-20/h3-6,11-12H,7-10H2,1-2H3,(H,22,23,24). The maximum Gasteiger partial charge on any atom is 0.257 e. The zero-order chi connectivity index (χ0) is 16.7. The molecular weight excluding hydrogens is 298 g/mol. The summed E-state index contributed by atoms with van der Waals surface area (Å²) in [6.07, 6.45) is 8.43.